The van der Waals surface area contributed by atoms with Gasteiger partial charge in [0.05, 0.1) is 19.1 Å². The van der Waals surface area contributed by atoms with Crippen molar-refractivity contribution in [3.8, 4) is 17.6 Å². The van der Waals surface area contributed by atoms with Crippen LogP contribution in [-0.4, -0.2) is 12.7 Å². The van der Waals surface area contributed by atoms with Gasteiger partial charge < -0.3 is 9.47 Å². The molecule has 0 spiro atoms. The Morgan fingerprint density at radius 2 is 1.81 bits per heavy atom. The van der Waals surface area contributed by atoms with Crippen LogP contribution in [0.15, 0.2) is 24.3 Å². The average Bonchev–Trinajstić information content (AvgIpc) is 2.31. The molecule has 3 heteroatoms. The van der Waals surface area contributed by atoms with Crippen molar-refractivity contribution in [2.24, 2.45) is 0 Å². The van der Waals surface area contributed by atoms with E-state index in [1.54, 1.807) is 0 Å². The fourth-order valence-corrected chi connectivity index (χ4v) is 1.34. The summed E-state index contributed by atoms with van der Waals surface area (Å²) in [4.78, 5) is 0. The zero-order valence-corrected chi connectivity index (χ0v) is 9.77. The predicted octanol–water partition coefficient (Wildman–Crippen LogP) is 3.16. The van der Waals surface area contributed by atoms with Gasteiger partial charge in [-0.15, -0.1) is 0 Å². The molecule has 0 aliphatic heterocycles. The zero-order chi connectivity index (χ0) is 11.8. The molecule has 0 saturated heterocycles. The maximum Gasteiger partial charge on any atom is 0.120 e. The minimum Gasteiger partial charge on any atom is -0.494 e. The van der Waals surface area contributed by atoms with Crippen molar-refractivity contribution in [1.82, 2.24) is 0 Å². The minimum atomic E-state index is -0.0251. The summed E-state index contributed by atoms with van der Waals surface area (Å²) in [7, 11) is 0. The van der Waals surface area contributed by atoms with E-state index in [0.29, 0.717) is 13.0 Å². The second-order valence-corrected chi connectivity index (χ2v) is 3.41. The van der Waals surface area contributed by atoms with Gasteiger partial charge in [-0.1, -0.05) is 6.92 Å². The monoisotopic (exact) mass is 219 g/mol. The van der Waals surface area contributed by atoms with Crippen LogP contribution in [0, 0.1) is 11.3 Å². The smallest absolute Gasteiger partial charge is 0.120 e. The lowest BCUT2D eigenvalue weighted by atomic mass is 10.2. The molecule has 0 aliphatic carbocycles. The van der Waals surface area contributed by atoms with E-state index in [-0.39, 0.29) is 6.10 Å². The third-order valence-electron chi connectivity index (χ3n) is 2.21. The van der Waals surface area contributed by atoms with Crippen molar-refractivity contribution in [3.63, 3.8) is 0 Å². The molecule has 86 valence electrons. The second-order valence-electron chi connectivity index (χ2n) is 3.41. The number of benzene rings is 1. The molecule has 0 amide bonds. The van der Waals surface area contributed by atoms with Crippen LogP contribution in [0.25, 0.3) is 0 Å². The fourth-order valence-electron chi connectivity index (χ4n) is 1.34. The van der Waals surface area contributed by atoms with Crippen LogP contribution in [-0.2, 0) is 0 Å². The van der Waals surface area contributed by atoms with E-state index < -0.39 is 0 Å². The number of rotatable bonds is 6. The largest absolute Gasteiger partial charge is 0.494 e. The first kappa shape index (κ1) is 12.4. The highest BCUT2D eigenvalue weighted by Gasteiger charge is 2.07. The molecule has 1 atom stereocenters. The molecule has 1 aromatic rings. The Labute approximate surface area is 96.6 Å². The average molecular weight is 219 g/mol. The van der Waals surface area contributed by atoms with E-state index in [4.69, 9.17) is 14.7 Å². The highest BCUT2D eigenvalue weighted by atomic mass is 16.5. The lowest BCUT2D eigenvalue weighted by Gasteiger charge is -2.14. The summed E-state index contributed by atoms with van der Waals surface area (Å²) in [5, 5.41) is 8.61. The highest BCUT2D eigenvalue weighted by molar-refractivity contribution is 5.31. The first-order chi connectivity index (χ1) is 7.80. The van der Waals surface area contributed by atoms with Crippen LogP contribution in [0.4, 0.5) is 0 Å². The maximum absolute atomic E-state index is 8.61. The van der Waals surface area contributed by atoms with Crippen molar-refractivity contribution in [2.45, 2.75) is 32.8 Å². The van der Waals surface area contributed by atoms with Crippen LogP contribution < -0.4 is 9.47 Å². The van der Waals surface area contributed by atoms with Crippen molar-refractivity contribution >= 4 is 0 Å². The van der Waals surface area contributed by atoms with E-state index in [1.165, 1.54) is 0 Å². The number of hydrogen-bond acceptors (Lipinski definition) is 3. The molecular formula is C13H17NO2. The molecule has 0 radical (unpaired) electrons. The first-order valence-corrected chi connectivity index (χ1v) is 5.56. The van der Waals surface area contributed by atoms with Gasteiger partial charge in [0.1, 0.15) is 17.6 Å². The van der Waals surface area contributed by atoms with E-state index in [0.717, 1.165) is 17.9 Å². The molecule has 0 aromatic heterocycles. The molecule has 1 rings (SSSR count). The predicted molar refractivity (Wildman–Crippen MR) is 62.5 cm³/mol. The number of ether oxygens (including phenoxy) is 2. The van der Waals surface area contributed by atoms with Gasteiger partial charge in [0.15, 0.2) is 0 Å². The Bertz CT molecular complexity index is 340. The summed E-state index contributed by atoms with van der Waals surface area (Å²) in [6.45, 7) is 4.62. The van der Waals surface area contributed by atoms with Gasteiger partial charge in [-0.3, -0.25) is 0 Å². The van der Waals surface area contributed by atoms with Gasteiger partial charge in [-0.05, 0) is 37.6 Å². The molecule has 0 saturated carbocycles. The van der Waals surface area contributed by atoms with Crippen LogP contribution >= 0.6 is 0 Å². The lowest BCUT2D eigenvalue weighted by Crippen LogP contribution is -2.14. The fraction of sp³-hybridized carbons (Fsp3) is 0.462. The Morgan fingerprint density at radius 1 is 1.19 bits per heavy atom. The Kier molecular flexibility index (Phi) is 5.21. The number of nitrogens with zero attached hydrogens (tertiary/aromatic N) is 1. The molecule has 0 heterocycles. The Morgan fingerprint density at radius 3 is 2.31 bits per heavy atom. The normalized spacial score (nSPS) is 11.6. The third-order valence-corrected chi connectivity index (χ3v) is 2.21. The van der Waals surface area contributed by atoms with Gasteiger partial charge in [-0.25, -0.2) is 0 Å². The van der Waals surface area contributed by atoms with Gasteiger partial charge >= 0.3 is 0 Å². The molecular weight excluding hydrogens is 202 g/mol. The molecule has 0 bridgehead atoms. The van der Waals surface area contributed by atoms with Crippen molar-refractivity contribution in [1.29, 1.82) is 5.26 Å². The Hall–Kier alpha value is -1.69. The van der Waals surface area contributed by atoms with Crippen molar-refractivity contribution < 1.29 is 9.47 Å². The highest BCUT2D eigenvalue weighted by Crippen LogP contribution is 2.19. The summed E-state index contributed by atoms with van der Waals surface area (Å²) >= 11 is 0. The van der Waals surface area contributed by atoms with E-state index in [2.05, 4.69) is 6.07 Å². The van der Waals surface area contributed by atoms with Gasteiger partial charge in [-0.2, -0.15) is 5.26 Å². The van der Waals surface area contributed by atoms with E-state index >= 15 is 0 Å². The summed E-state index contributed by atoms with van der Waals surface area (Å²) in [6.07, 6.45) is 1.23. The summed E-state index contributed by atoms with van der Waals surface area (Å²) in [5.41, 5.74) is 0. The molecule has 1 unspecified atom stereocenters. The van der Waals surface area contributed by atoms with Gasteiger partial charge in [0.25, 0.3) is 0 Å². The SMILES string of the molecule is CCOc1ccc(OC(CC)CC#N)cc1. The Balaban J connectivity index is 2.57. The van der Waals surface area contributed by atoms with Crippen LogP contribution in [0.3, 0.4) is 0 Å². The number of hydrogen-bond donors (Lipinski definition) is 0. The maximum atomic E-state index is 8.61. The second kappa shape index (κ2) is 6.73. The topological polar surface area (TPSA) is 42.2 Å². The van der Waals surface area contributed by atoms with Crippen LogP contribution in [0.5, 0.6) is 11.5 Å². The van der Waals surface area contributed by atoms with Crippen molar-refractivity contribution in [3.05, 3.63) is 24.3 Å². The summed E-state index contributed by atoms with van der Waals surface area (Å²) < 4.78 is 11.0. The quantitative estimate of drug-likeness (QED) is 0.738. The van der Waals surface area contributed by atoms with E-state index in [9.17, 15) is 0 Å². The van der Waals surface area contributed by atoms with Gasteiger partial charge in [0.2, 0.25) is 0 Å². The van der Waals surface area contributed by atoms with Crippen molar-refractivity contribution in [2.75, 3.05) is 6.61 Å². The zero-order valence-electron chi connectivity index (χ0n) is 9.77. The van der Waals surface area contributed by atoms with Crippen LogP contribution in [0.1, 0.15) is 26.7 Å². The first-order valence-electron chi connectivity index (χ1n) is 5.56. The molecule has 0 N–H and O–H groups in total. The minimum absolute atomic E-state index is 0.0251. The molecule has 3 nitrogen and oxygen atoms in total. The van der Waals surface area contributed by atoms with Gasteiger partial charge in [0, 0.05) is 0 Å². The van der Waals surface area contributed by atoms with E-state index in [1.807, 2.05) is 38.1 Å². The summed E-state index contributed by atoms with van der Waals surface area (Å²) in [5.74, 6) is 1.62. The number of nitriles is 1. The molecule has 16 heavy (non-hydrogen) atoms. The standard InChI is InChI=1S/C13H17NO2/c1-3-11(9-10-14)16-13-7-5-12(6-8-13)15-4-2/h5-8,11H,3-4,9H2,1-2H3. The lowest BCUT2D eigenvalue weighted by molar-refractivity contribution is 0.202. The summed E-state index contributed by atoms with van der Waals surface area (Å²) in [6, 6.07) is 9.60. The van der Waals surface area contributed by atoms with Crippen LogP contribution in [0.2, 0.25) is 0 Å². The molecule has 0 aliphatic rings. The third kappa shape index (κ3) is 3.82. The molecule has 0 fully saturated rings. The molecule has 1 aromatic carbocycles.